The quantitative estimate of drug-likeness (QED) is 0.846. The maximum Gasteiger partial charge on any atom is 0.123 e. The fourth-order valence-corrected chi connectivity index (χ4v) is 2.27. The van der Waals surface area contributed by atoms with Crippen LogP contribution in [0.5, 0.6) is 0 Å². The number of hydrogen-bond acceptors (Lipinski definition) is 2. The van der Waals surface area contributed by atoms with Gasteiger partial charge >= 0.3 is 0 Å². The van der Waals surface area contributed by atoms with Gasteiger partial charge in [-0.2, -0.15) is 10.4 Å². The van der Waals surface area contributed by atoms with Gasteiger partial charge in [-0.3, -0.25) is 4.68 Å². The van der Waals surface area contributed by atoms with Crippen molar-refractivity contribution in [2.24, 2.45) is 7.05 Å². The number of benzene rings is 1. The Morgan fingerprint density at radius 3 is 2.68 bits per heavy atom. The van der Waals surface area contributed by atoms with Crippen molar-refractivity contribution in [3.05, 3.63) is 52.6 Å². The van der Waals surface area contributed by atoms with Crippen LogP contribution in [0.4, 0.5) is 4.39 Å². The van der Waals surface area contributed by atoms with Crippen LogP contribution in [0.2, 0.25) is 0 Å². The lowest BCUT2D eigenvalue weighted by Gasteiger charge is -2.14. The van der Waals surface area contributed by atoms with Crippen LogP contribution < -0.4 is 0 Å². The smallest absolute Gasteiger partial charge is 0.123 e. The van der Waals surface area contributed by atoms with Gasteiger partial charge in [0.05, 0.1) is 17.3 Å². The van der Waals surface area contributed by atoms with Crippen molar-refractivity contribution in [2.45, 2.75) is 26.2 Å². The third kappa shape index (κ3) is 2.50. The second kappa shape index (κ2) is 5.23. The van der Waals surface area contributed by atoms with Crippen molar-refractivity contribution >= 4 is 0 Å². The molecule has 0 spiro atoms. The lowest BCUT2D eigenvalue weighted by Crippen LogP contribution is -2.05. The Hall–Kier alpha value is -2.15. The molecule has 1 heterocycles. The molecule has 0 radical (unpaired) electrons. The van der Waals surface area contributed by atoms with E-state index < -0.39 is 0 Å². The summed E-state index contributed by atoms with van der Waals surface area (Å²) in [6, 6.07) is 8.40. The number of aromatic nitrogens is 2. The summed E-state index contributed by atoms with van der Waals surface area (Å²) in [5.74, 6) is -0.370. The molecule has 0 N–H and O–H groups in total. The fraction of sp³-hybridized carbons (Fsp3) is 0.333. The average molecular weight is 257 g/mol. The fourth-order valence-electron chi connectivity index (χ4n) is 2.27. The van der Waals surface area contributed by atoms with Gasteiger partial charge in [-0.1, -0.05) is 6.92 Å². The van der Waals surface area contributed by atoms with Gasteiger partial charge < -0.3 is 0 Å². The van der Waals surface area contributed by atoms with Gasteiger partial charge in [-0.15, -0.1) is 0 Å². The first kappa shape index (κ1) is 13.3. The SMILES string of the molecule is CC[C@H](c1cc(C)n(C)n1)c1cc(F)ccc1C#N. The van der Waals surface area contributed by atoms with Gasteiger partial charge in [0.25, 0.3) is 0 Å². The Morgan fingerprint density at radius 2 is 2.16 bits per heavy atom. The molecular formula is C15H16FN3. The highest BCUT2D eigenvalue weighted by molar-refractivity contribution is 5.43. The molecule has 1 aromatic heterocycles. The predicted octanol–water partition coefficient (Wildman–Crippen LogP) is 3.28. The highest BCUT2D eigenvalue weighted by Gasteiger charge is 2.19. The summed E-state index contributed by atoms with van der Waals surface area (Å²) in [6.45, 7) is 3.99. The summed E-state index contributed by atoms with van der Waals surface area (Å²) in [7, 11) is 1.88. The molecule has 4 heteroatoms. The Morgan fingerprint density at radius 1 is 1.42 bits per heavy atom. The summed E-state index contributed by atoms with van der Waals surface area (Å²) >= 11 is 0. The Labute approximate surface area is 112 Å². The van der Waals surface area contributed by atoms with E-state index >= 15 is 0 Å². The third-order valence-corrected chi connectivity index (χ3v) is 3.41. The lowest BCUT2D eigenvalue weighted by molar-refractivity contribution is 0.619. The van der Waals surface area contributed by atoms with E-state index in [4.69, 9.17) is 5.26 Å². The van der Waals surface area contributed by atoms with Gasteiger partial charge in [0.1, 0.15) is 5.82 Å². The topological polar surface area (TPSA) is 41.6 Å². The van der Waals surface area contributed by atoms with Crippen molar-refractivity contribution in [1.29, 1.82) is 5.26 Å². The van der Waals surface area contributed by atoms with E-state index in [1.807, 2.05) is 27.0 Å². The number of rotatable bonds is 3. The number of halogens is 1. The monoisotopic (exact) mass is 257 g/mol. The van der Waals surface area contributed by atoms with Gasteiger partial charge in [-0.25, -0.2) is 4.39 Å². The number of nitrogens with zero attached hydrogens (tertiary/aromatic N) is 3. The molecule has 0 amide bonds. The zero-order valence-corrected chi connectivity index (χ0v) is 11.3. The molecule has 1 aromatic carbocycles. The third-order valence-electron chi connectivity index (χ3n) is 3.41. The van der Waals surface area contributed by atoms with Crippen LogP contribution in [-0.2, 0) is 7.05 Å². The Bertz CT molecular complexity index is 618. The minimum atomic E-state index is -0.319. The van der Waals surface area contributed by atoms with Gasteiger partial charge in [0.15, 0.2) is 0 Å². The van der Waals surface area contributed by atoms with E-state index in [2.05, 4.69) is 11.2 Å². The van der Waals surface area contributed by atoms with Crippen LogP contribution in [0.15, 0.2) is 24.3 Å². The molecule has 0 fully saturated rings. The second-order valence-electron chi connectivity index (χ2n) is 4.64. The van der Waals surface area contributed by atoms with Gasteiger partial charge in [-0.05, 0) is 43.2 Å². The van der Waals surface area contributed by atoms with Crippen molar-refractivity contribution < 1.29 is 4.39 Å². The Kier molecular flexibility index (Phi) is 3.66. The van der Waals surface area contributed by atoms with Crippen LogP contribution in [0.1, 0.15) is 41.8 Å². The van der Waals surface area contributed by atoms with E-state index in [9.17, 15) is 4.39 Å². The standard InChI is InChI=1S/C15H16FN3/c1-4-13(15-7-10(2)19(3)18-15)14-8-12(16)6-5-11(14)9-17/h5-8,13H,4H2,1-3H3/t13-/m0/s1. The summed E-state index contributed by atoms with van der Waals surface area (Å²) in [5, 5.41) is 13.6. The van der Waals surface area contributed by atoms with E-state index in [-0.39, 0.29) is 11.7 Å². The molecular weight excluding hydrogens is 241 g/mol. The van der Waals surface area contributed by atoms with Crippen LogP contribution in [0, 0.1) is 24.1 Å². The predicted molar refractivity (Wildman–Crippen MR) is 71.2 cm³/mol. The van der Waals surface area contributed by atoms with E-state index in [1.54, 1.807) is 4.68 Å². The Balaban J connectivity index is 2.54. The summed E-state index contributed by atoms with van der Waals surface area (Å²) in [5.41, 5.74) is 3.15. The molecule has 2 aromatic rings. The van der Waals surface area contributed by atoms with Crippen LogP contribution in [-0.4, -0.2) is 9.78 Å². The first-order valence-electron chi connectivity index (χ1n) is 6.27. The lowest BCUT2D eigenvalue weighted by atomic mass is 9.89. The summed E-state index contributed by atoms with van der Waals surface area (Å²) in [6.07, 6.45) is 0.772. The molecule has 0 aliphatic rings. The molecule has 1 atom stereocenters. The molecule has 19 heavy (non-hydrogen) atoms. The molecule has 0 saturated heterocycles. The molecule has 0 bridgehead atoms. The van der Waals surface area contributed by atoms with Crippen molar-refractivity contribution in [3.63, 3.8) is 0 Å². The maximum absolute atomic E-state index is 13.4. The average Bonchev–Trinajstić information content (AvgIpc) is 2.70. The molecule has 0 aliphatic heterocycles. The molecule has 3 nitrogen and oxygen atoms in total. The highest BCUT2D eigenvalue weighted by atomic mass is 19.1. The normalized spacial score (nSPS) is 12.2. The van der Waals surface area contributed by atoms with E-state index in [0.29, 0.717) is 11.1 Å². The van der Waals surface area contributed by atoms with Crippen LogP contribution >= 0.6 is 0 Å². The zero-order valence-electron chi connectivity index (χ0n) is 11.3. The highest BCUT2D eigenvalue weighted by Crippen LogP contribution is 2.30. The minimum absolute atomic E-state index is 0.0507. The van der Waals surface area contributed by atoms with E-state index in [0.717, 1.165) is 17.8 Å². The van der Waals surface area contributed by atoms with Crippen LogP contribution in [0.3, 0.4) is 0 Å². The minimum Gasteiger partial charge on any atom is -0.273 e. The van der Waals surface area contributed by atoms with Crippen molar-refractivity contribution in [3.8, 4) is 6.07 Å². The molecule has 0 aliphatic carbocycles. The molecule has 0 saturated carbocycles. The van der Waals surface area contributed by atoms with Gasteiger partial charge in [0.2, 0.25) is 0 Å². The van der Waals surface area contributed by atoms with Crippen molar-refractivity contribution in [1.82, 2.24) is 9.78 Å². The summed E-state index contributed by atoms with van der Waals surface area (Å²) < 4.78 is 15.2. The first-order valence-corrected chi connectivity index (χ1v) is 6.27. The number of aryl methyl sites for hydroxylation is 2. The first-order chi connectivity index (χ1) is 9.06. The van der Waals surface area contributed by atoms with Gasteiger partial charge in [0, 0.05) is 18.7 Å². The molecule has 0 unspecified atom stereocenters. The molecule has 98 valence electrons. The van der Waals surface area contributed by atoms with E-state index in [1.165, 1.54) is 18.2 Å². The second-order valence-corrected chi connectivity index (χ2v) is 4.64. The summed E-state index contributed by atoms with van der Waals surface area (Å²) in [4.78, 5) is 0. The largest absolute Gasteiger partial charge is 0.273 e. The van der Waals surface area contributed by atoms with Crippen LogP contribution in [0.25, 0.3) is 0 Å². The molecule has 2 rings (SSSR count). The number of hydrogen-bond donors (Lipinski definition) is 0. The zero-order chi connectivity index (χ0) is 14.0. The maximum atomic E-state index is 13.4. The number of nitriles is 1. The van der Waals surface area contributed by atoms with Crippen molar-refractivity contribution in [2.75, 3.05) is 0 Å².